The minimum Gasteiger partial charge on any atom is -0.493 e. The smallest absolute Gasteiger partial charge is 0.119 e. The van der Waals surface area contributed by atoms with Crippen LogP contribution in [-0.2, 0) is 13.1 Å². The first kappa shape index (κ1) is 9.19. The van der Waals surface area contributed by atoms with E-state index in [1.807, 2.05) is 0 Å². The second-order valence-corrected chi connectivity index (χ2v) is 4.37. The normalized spacial score (nSPS) is 19.7. The van der Waals surface area contributed by atoms with Crippen molar-refractivity contribution in [2.75, 3.05) is 19.7 Å². The first-order valence-corrected chi connectivity index (χ1v) is 5.58. The molecule has 2 heterocycles. The van der Waals surface area contributed by atoms with E-state index in [0.717, 1.165) is 38.5 Å². The SMILES string of the molecule is c1cc2c(cc1OCC1CNC1)CNC2. The molecule has 1 aromatic rings. The van der Waals surface area contributed by atoms with Gasteiger partial charge in [0.2, 0.25) is 0 Å². The van der Waals surface area contributed by atoms with Gasteiger partial charge in [0, 0.05) is 32.1 Å². The Labute approximate surface area is 89.8 Å². The second kappa shape index (κ2) is 3.83. The molecule has 0 unspecified atom stereocenters. The lowest BCUT2D eigenvalue weighted by molar-refractivity contribution is 0.199. The van der Waals surface area contributed by atoms with Gasteiger partial charge in [-0.15, -0.1) is 0 Å². The Balaban J connectivity index is 1.64. The Morgan fingerprint density at radius 1 is 1.13 bits per heavy atom. The van der Waals surface area contributed by atoms with Gasteiger partial charge in [0.15, 0.2) is 0 Å². The standard InChI is InChI=1S/C12H16N2O/c1-2-12(15-8-9-4-13-5-9)3-11-7-14-6-10(1)11/h1-3,9,13-14H,4-8H2. The van der Waals surface area contributed by atoms with Gasteiger partial charge >= 0.3 is 0 Å². The van der Waals surface area contributed by atoms with Gasteiger partial charge in [-0.1, -0.05) is 6.07 Å². The molecule has 1 saturated heterocycles. The molecule has 15 heavy (non-hydrogen) atoms. The number of hydrogen-bond donors (Lipinski definition) is 2. The summed E-state index contributed by atoms with van der Waals surface area (Å²) in [5.41, 5.74) is 2.80. The van der Waals surface area contributed by atoms with E-state index in [2.05, 4.69) is 28.8 Å². The van der Waals surface area contributed by atoms with Gasteiger partial charge in [-0.05, 0) is 23.3 Å². The molecule has 0 radical (unpaired) electrons. The van der Waals surface area contributed by atoms with Crippen molar-refractivity contribution in [2.24, 2.45) is 5.92 Å². The highest BCUT2D eigenvalue weighted by molar-refractivity contribution is 5.37. The molecule has 0 spiro atoms. The van der Waals surface area contributed by atoms with E-state index in [9.17, 15) is 0 Å². The number of nitrogens with one attached hydrogen (secondary N) is 2. The van der Waals surface area contributed by atoms with Crippen molar-refractivity contribution in [1.29, 1.82) is 0 Å². The molecule has 0 atom stereocenters. The molecule has 0 amide bonds. The van der Waals surface area contributed by atoms with E-state index >= 15 is 0 Å². The summed E-state index contributed by atoms with van der Waals surface area (Å²) in [5.74, 6) is 1.72. The predicted octanol–water partition coefficient (Wildman–Crippen LogP) is 0.888. The van der Waals surface area contributed by atoms with Crippen LogP contribution in [0.3, 0.4) is 0 Å². The van der Waals surface area contributed by atoms with E-state index in [-0.39, 0.29) is 0 Å². The molecule has 3 heteroatoms. The fourth-order valence-corrected chi connectivity index (χ4v) is 2.04. The van der Waals surface area contributed by atoms with Gasteiger partial charge < -0.3 is 15.4 Å². The van der Waals surface area contributed by atoms with E-state index < -0.39 is 0 Å². The van der Waals surface area contributed by atoms with Gasteiger partial charge in [-0.3, -0.25) is 0 Å². The molecule has 1 fully saturated rings. The highest BCUT2D eigenvalue weighted by Crippen LogP contribution is 2.22. The zero-order valence-corrected chi connectivity index (χ0v) is 8.75. The fourth-order valence-electron chi connectivity index (χ4n) is 2.04. The summed E-state index contributed by atoms with van der Waals surface area (Å²) in [6, 6.07) is 6.42. The average molecular weight is 204 g/mol. The number of benzene rings is 1. The summed E-state index contributed by atoms with van der Waals surface area (Å²) in [5, 5.41) is 6.59. The summed E-state index contributed by atoms with van der Waals surface area (Å²) in [7, 11) is 0. The van der Waals surface area contributed by atoms with Crippen LogP contribution in [0.2, 0.25) is 0 Å². The molecule has 0 aliphatic carbocycles. The molecule has 2 aliphatic rings. The lowest BCUT2D eigenvalue weighted by atomic mass is 10.1. The molecule has 80 valence electrons. The van der Waals surface area contributed by atoms with Gasteiger partial charge in [0.25, 0.3) is 0 Å². The van der Waals surface area contributed by atoms with Crippen molar-refractivity contribution in [3.8, 4) is 5.75 Å². The lowest BCUT2D eigenvalue weighted by Crippen LogP contribution is -2.45. The van der Waals surface area contributed by atoms with Crippen LogP contribution in [0.4, 0.5) is 0 Å². The van der Waals surface area contributed by atoms with E-state index in [1.165, 1.54) is 11.1 Å². The quantitative estimate of drug-likeness (QED) is 0.767. The second-order valence-electron chi connectivity index (χ2n) is 4.37. The van der Waals surface area contributed by atoms with E-state index in [1.54, 1.807) is 0 Å². The van der Waals surface area contributed by atoms with Crippen molar-refractivity contribution >= 4 is 0 Å². The third-order valence-corrected chi connectivity index (χ3v) is 3.16. The molecule has 2 N–H and O–H groups in total. The molecular weight excluding hydrogens is 188 g/mol. The van der Waals surface area contributed by atoms with Crippen molar-refractivity contribution in [2.45, 2.75) is 13.1 Å². The molecular formula is C12H16N2O. The fraction of sp³-hybridized carbons (Fsp3) is 0.500. The Morgan fingerprint density at radius 3 is 2.80 bits per heavy atom. The Bertz CT molecular complexity index is 361. The van der Waals surface area contributed by atoms with Crippen LogP contribution in [0.1, 0.15) is 11.1 Å². The Kier molecular flexibility index (Phi) is 2.35. The number of fused-ring (bicyclic) bond motifs is 1. The summed E-state index contributed by atoms with van der Waals surface area (Å²) in [6.07, 6.45) is 0. The van der Waals surface area contributed by atoms with Crippen LogP contribution < -0.4 is 15.4 Å². The minimum absolute atomic E-state index is 0.705. The largest absolute Gasteiger partial charge is 0.493 e. The van der Waals surface area contributed by atoms with E-state index in [4.69, 9.17) is 4.74 Å². The first-order chi connectivity index (χ1) is 7.42. The maximum Gasteiger partial charge on any atom is 0.119 e. The lowest BCUT2D eigenvalue weighted by Gasteiger charge is -2.26. The van der Waals surface area contributed by atoms with Crippen molar-refractivity contribution in [3.63, 3.8) is 0 Å². The monoisotopic (exact) mass is 204 g/mol. The minimum atomic E-state index is 0.705. The molecule has 3 nitrogen and oxygen atoms in total. The molecule has 2 aliphatic heterocycles. The summed E-state index contributed by atoms with van der Waals surface area (Å²) in [4.78, 5) is 0. The maximum atomic E-state index is 5.77. The summed E-state index contributed by atoms with van der Waals surface area (Å²) < 4.78 is 5.77. The highest BCUT2D eigenvalue weighted by atomic mass is 16.5. The zero-order valence-electron chi connectivity index (χ0n) is 8.75. The molecule has 1 aromatic carbocycles. The van der Waals surface area contributed by atoms with Crippen molar-refractivity contribution in [3.05, 3.63) is 29.3 Å². The average Bonchev–Trinajstić information content (AvgIpc) is 2.62. The molecule has 0 bridgehead atoms. The van der Waals surface area contributed by atoms with Crippen LogP contribution in [0.15, 0.2) is 18.2 Å². The van der Waals surface area contributed by atoms with Gasteiger partial charge in [0.05, 0.1) is 6.61 Å². The zero-order chi connectivity index (χ0) is 10.1. The van der Waals surface area contributed by atoms with Crippen LogP contribution >= 0.6 is 0 Å². The van der Waals surface area contributed by atoms with Gasteiger partial charge in [-0.25, -0.2) is 0 Å². The van der Waals surface area contributed by atoms with Crippen molar-refractivity contribution in [1.82, 2.24) is 10.6 Å². The van der Waals surface area contributed by atoms with E-state index in [0.29, 0.717) is 5.92 Å². The Morgan fingerprint density at radius 2 is 2.00 bits per heavy atom. The van der Waals surface area contributed by atoms with Crippen LogP contribution in [0, 0.1) is 5.92 Å². The first-order valence-electron chi connectivity index (χ1n) is 5.58. The number of rotatable bonds is 3. The maximum absolute atomic E-state index is 5.77. The van der Waals surface area contributed by atoms with Crippen LogP contribution in [-0.4, -0.2) is 19.7 Å². The topological polar surface area (TPSA) is 33.3 Å². The molecule has 0 aromatic heterocycles. The highest BCUT2D eigenvalue weighted by Gasteiger charge is 2.17. The predicted molar refractivity (Wildman–Crippen MR) is 58.8 cm³/mol. The van der Waals surface area contributed by atoms with Crippen LogP contribution in [0.5, 0.6) is 5.75 Å². The number of hydrogen-bond acceptors (Lipinski definition) is 3. The Hall–Kier alpha value is -1.06. The summed E-state index contributed by atoms with van der Waals surface area (Å²) >= 11 is 0. The number of ether oxygens (including phenoxy) is 1. The van der Waals surface area contributed by atoms with Gasteiger partial charge in [-0.2, -0.15) is 0 Å². The van der Waals surface area contributed by atoms with Crippen LogP contribution in [0.25, 0.3) is 0 Å². The van der Waals surface area contributed by atoms with Crippen molar-refractivity contribution < 1.29 is 4.74 Å². The molecule has 0 saturated carbocycles. The third kappa shape index (κ3) is 1.85. The third-order valence-electron chi connectivity index (χ3n) is 3.16. The van der Waals surface area contributed by atoms with Gasteiger partial charge in [0.1, 0.15) is 5.75 Å². The summed E-state index contributed by atoms with van der Waals surface area (Å²) in [6.45, 7) is 5.04. The molecule has 3 rings (SSSR count).